The van der Waals surface area contributed by atoms with Gasteiger partial charge in [0.2, 0.25) is 5.88 Å². The first-order valence-electron chi connectivity index (χ1n) is 6.50. The molecule has 1 aromatic rings. The molecule has 0 bridgehead atoms. The molecule has 2 unspecified atom stereocenters. The number of hydrogen-bond acceptors (Lipinski definition) is 4. The molecule has 0 saturated heterocycles. The van der Waals surface area contributed by atoms with E-state index in [0.717, 1.165) is 24.3 Å². The highest BCUT2D eigenvalue weighted by atomic mass is 16.5. The van der Waals surface area contributed by atoms with Gasteiger partial charge in [0.1, 0.15) is 6.10 Å². The van der Waals surface area contributed by atoms with Gasteiger partial charge in [-0.2, -0.15) is 5.10 Å². The van der Waals surface area contributed by atoms with E-state index in [9.17, 15) is 0 Å². The molecule has 0 aliphatic heterocycles. The molecule has 1 aromatic heterocycles. The Labute approximate surface area is 103 Å². The minimum absolute atomic E-state index is 0.288. The lowest BCUT2D eigenvalue weighted by Crippen LogP contribution is -2.26. The summed E-state index contributed by atoms with van der Waals surface area (Å²) < 4.78 is 5.96. The van der Waals surface area contributed by atoms with Crippen LogP contribution in [0.5, 0.6) is 5.88 Å². The molecule has 2 N–H and O–H groups in total. The first-order chi connectivity index (χ1) is 8.33. The van der Waals surface area contributed by atoms with E-state index in [1.54, 1.807) is 6.20 Å². The highest BCUT2D eigenvalue weighted by molar-refractivity contribution is 5.23. The lowest BCUT2D eigenvalue weighted by Gasteiger charge is -2.28. The van der Waals surface area contributed by atoms with Crippen molar-refractivity contribution in [2.24, 2.45) is 11.7 Å². The molecule has 94 valence electrons. The minimum Gasteiger partial charge on any atom is -0.473 e. The molecule has 1 fully saturated rings. The van der Waals surface area contributed by atoms with Crippen LogP contribution in [0.15, 0.2) is 12.3 Å². The number of ether oxygens (including phenoxy) is 1. The number of nitrogens with zero attached hydrogens (tertiary/aromatic N) is 2. The highest BCUT2D eigenvalue weighted by Crippen LogP contribution is 2.29. The van der Waals surface area contributed by atoms with E-state index in [1.165, 1.54) is 19.3 Å². The number of nitrogens with two attached hydrogens (primary N) is 1. The van der Waals surface area contributed by atoms with Gasteiger partial charge in [0.15, 0.2) is 0 Å². The van der Waals surface area contributed by atoms with E-state index in [1.807, 2.05) is 6.07 Å². The minimum atomic E-state index is 0.288. The lowest BCUT2D eigenvalue weighted by atomic mass is 9.85. The second-order valence-electron chi connectivity index (χ2n) is 4.75. The third-order valence-electron chi connectivity index (χ3n) is 3.58. The van der Waals surface area contributed by atoms with E-state index >= 15 is 0 Å². The van der Waals surface area contributed by atoms with Gasteiger partial charge in [-0.1, -0.05) is 19.8 Å². The maximum absolute atomic E-state index is 5.96. The number of rotatable bonds is 4. The SMILES string of the molecule is CCC1CCCC(Oc2nnccc2CN)C1. The summed E-state index contributed by atoms with van der Waals surface area (Å²) in [6.07, 6.45) is 8.03. The van der Waals surface area contributed by atoms with Crippen molar-refractivity contribution in [3.63, 3.8) is 0 Å². The first kappa shape index (κ1) is 12.3. The average Bonchev–Trinajstić information content (AvgIpc) is 2.39. The highest BCUT2D eigenvalue weighted by Gasteiger charge is 2.23. The van der Waals surface area contributed by atoms with E-state index in [-0.39, 0.29) is 6.10 Å². The van der Waals surface area contributed by atoms with Crippen LogP contribution >= 0.6 is 0 Å². The topological polar surface area (TPSA) is 61.0 Å². The van der Waals surface area contributed by atoms with Crippen molar-refractivity contribution < 1.29 is 4.74 Å². The summed E-state index contributed by atoms with van der Waals surface area (Å²) in [5.41, 5.74) is 6.60. The zero-order valence-corrected chi connectivity index (χ0v) is 10.4. The summed E-state index contributed by atoms with van der Waals surface area (Å²) in [6, 6.07) is 1.88. The fraction of sp³-hybridized carbons (Fsp3) is 0.692. The van der Waals surface area contributed by atoms with Crippen molar-refractivity contribution in [3.8, 4) is 5.88 Å². The molecule has 4 heteroatoms. The van der Waals surface area contributed by atoms with Crippen molar-refractivity contribution in [2.75, 3.05) is 0 Å². The Balaban J connectivity index is 2.00. The maximum Gasteiger partial charge on any atom is 0.238 e. The Kier molecular flexibility index (Phi) is 4.31. The van der Waals surface area contributed by atoms with Crippen LogP contribution in [-0.4, -0.2) is 16.3 Å². The van der Waals surface area contributed by atoms with Crippen molar-refractivity contribution >= 4 is 0 Å². The summed E-state index contributed by atoms with van der Waals surface area (Å²) in [6.45, 7) is 2.70. The standard InChI is InChI=1S/C13H21N3O/c1-2-10-4-3-5-12(8-10)17-13-11(9-14)6-7-15-16-13/h6-7,10,12H,2-5,8-9,14H2,1H3. The largest absolute Gasteiger partial charge is 0.473 e. The smallest absolute Gasteiger partial charge is 0.238 e. The predicted octanol–water partition coefficient (Wildman–Crippen LogP) is 2.28. The molecule has 1 aliphatic rings. The van der Waals surface area contributed by atoms with Crippen LogP contribution in [0.1, 0.15) is 44.6 Å². The predicted molar refractivity (Wildman–Crippen MR) is 66.6 cm³/mol. The van der Waals surface area contributed by atoms with Gasteiger partial charge in [-0.25, -0.2) is 0 Å². The van der Waals surface area contributed by atoms with Crippen LogP contribution in [0.25, 0.3) is 0 Å². The van der Waals surface area contributed by atoms with Crippen LogP contribution in [0, 0.1) is 5.92 Å². The van der Waals surface area contributed by atoms with Gasteiger partial charge in [-0.3, -0.25) is 0 Å². The van der Waals surface area contributed by atoms with E-state index < -0.39 is 0 Å². The van der Waals surface area contributed by atoms with Gasteiger partial charge in [-0.05, 0) is 31.2 Å². The maximum atomic E-state index is 5.96. The summed E-state index contributed by atoms with van der Waals surface area (Å²) in [5, 5.41) is 7.91. The zero-order valence-electron chi connectivity index (χ0n) is 10.4. The van der Waals surface area contributed by atoms with Crippen molar-refractivity contribution in [1.29, 1.82) is 0 Å². The van der Waals surface area contributed by atoms with Crippen LogP contribution in [0.4, 0.5) is 0 Å². The molecule has 0 amide bonds. The summed E-state index contributed by atoms with van der Waals surface area (Å²) in [4.78, 5) is 0. The monoisotopic (exact) mass is 235 g/mol. The molecule has 0 aromatic carbocycles. The van der Waals surface area contributed by atoms with Gasteiger partial charge in [0.25, 0.3) is 0 Å². The number of hydrogen-bond donors (Lipinski definition) is 1. The molecular formula is C13H21N3O. The van der Waals surface area contributed by atoms with Gasteiger partial charge >= 0.3 is 0 Å². The Morgan fingerprint density at radius 2 is 2.35 bits per heavy atom. The fourth-order valence-corrected chi connectivity index (χ4v) is 2.48. The molecule has 2 rings (SSSR count). The van der Waals surface area contributed by atoms with Crippen LogP contribution in [0.2, 0.25) is 0 Å². The normalized spacial score (nSPS) is 24.6. The lowest BCUT2D eigenvalue weighted by molar-refractivity contribution is 0.114. The molecule has 1 aliphatic carbocycles. The van der Waals surface area contributed by atoms with E-state index in [0.29, 0.717) is 12.4 Å². The van der Waals surface area contributed by atoms with Gasteiger partial charge in [-0.15, -0.1) is 5.10 Å². The van der Waals surface area contributed by atoms with Gasteiger partial charge < -0.3 is 10.5 Å². The first-order valence-corrected chi connectivity index (χ1v) is 6.50. The summed E-state index contributed by atoms with van der Waals surface area (Å²) >= 11 is 0. The molecule has 1 saturated carbocycles. The van der Waals surface area contributed by atoms with Crippen molar-refractivity contribution in [1.82, 2.24) is 10.2 Å². The molecule has 0 radical (unpaired) electrons. The zero-order chi connectivity index (χ0) is 12.1. The van der Waals surface area contributed by atoms with Crippen LogP contribution in [-0.2, 0) is 6.54 Å². The molecule has 1 heterocycles. The van der Waals surface area contributed by atoms with Crippen molar-refractivity contribution in [2.45, 2.75) is 51.7 Å². The molecule has 4 nitrogen and oxygen atoms in total. The second kappa shape index (κ2) is 5.96. The Morgan fingerprint density at radius 3 is 3.12 bits per heavy atom. The molecule has 0 spiro atoms. The fourth-order valence-electron chi connectivity index (χ4n) is 2.48. The second-order valence-corrected chi connectivity index (χ2v) is 4.75. The Morgan fingerprint density at radius 1 is 1.47 bits per heavy atom. The van der Waals surface area contributed by atoms with E-state index in [2.05, 4.69) is 17.1 Å². The summed E-state index contributed by atoms with van der Waals surface area (Å²) in [7, 11) is 0. The molecule has 17 heavy (non-hydrogen) atoms. The third-order valence-corrected chi connectivity index (χ3v) is 3.58. The third kappa shape index (κ3) is 3.16. The molecule has 2 atom stereocenters. The van der Waals surface area contributed by atoms with Gasteiger partial charge in [0, 0.05) is 12.1 Å². The van der Waals surface area contributed by atoms with Crippen LogP contribution < -0.4 is 10.5 Å². The Bertz CT molecular complexity index is 356. The van der Waals surface area contributed by atoms with Crippen molar-refractivity contribution in [3.05, 3.63) is 17.8 Å². The summed E-state index contributed by atoms with van der Waals surface area (Å²) in [5.74, 6) is 1.42. The van der Waals surface area contributed by atoms with Crippen LogP contribution in [0.3, 0.4) is 0 Å². The number of aromatic nitrogens is 2. The quantitative estimate of drug-likeness (QED) is 0.869. The van der Waals surface area contributed by atoms with Gasteiger partial charge in [0.05, 0.1) is 6.20 Å². The molecular weight excluding hydrogens is 214 g/mol. The van der Waals surface area contributed by atoms with E-state index in [4.69, 9.17) is 10.5 Å². The average molecular weight is 235 g/mol. The Hall–Kier alpha value is -1.16.